The summed E-state index contributed by atoms with van der Waals surface area (Å²) < 4.78 is 24.9. The maximum atomic E-state index is 13.6. The number of benzene rings is 1. The van der Waals surface area contributed by atoms with Gasteiger partial charge in [0.2, 0.25) is 15.9 Å². The van der Waals surface area contributed by atoms with E-state index in [1.54, 1.807) is 0 Å². The number of piperazine rings is 1. The zero-order chi connectivity index (χ0) is 17.7. The fourth-order valence-electron chi connectivity index (χ4n) is 5.17. The van der Waals surface area contributed by atoms with E-state index in [-0.39, 0.29) is 16.7 Å². The third kappa shape index (κ3) is 2.61. The normalized spacial score (nSPS) is 29.1. The molecule has 1 aromatic rings. The minimum absolute atomic E-state index is 0.138. The Bertz CT molecular complexity index is 763. The monoisotopic (exact) mass is 362 g/mol. The summed E-state index contributed by atoms with van der Waals surface area (Å²) >= 11 is 0. The summed E-state index contributed by atoms with van der Waals surface area (Å²) in [7, 11) is -3.17. The highest BCUT2D eigenvalue weighted by Crippen LogP contribution is 2.72. The van der Waals surface area contributed by atoms with Crippen molar-refractivity contribution >= 4 is 15.9 Å². The van der Waals surface area contributed by atoms with Crippen molar-refractivity contribution in [1.29, 1.82) is 0 Å². The van der Waals surface area contributed by atoms with Gasteiger partial charge in [0.25, 0.3) is 0 Å². The molecule has 1 saturated heterocycles. The molecular formula is C19H26N2O3S. The molecule has 1 atom stereocenters. The number of hydrogen-bond acceptors (Lipinski definition) is 3. The van der Waals surface area contributed by atoms with Crippen molar-refractivity contribution in [2.75, 3.05) is 32.4 Å². The average Bonchev–Trinajstić information content (AvgIpc) is 3.01. The maximum absolute atomic E-state index is 13.6. The van der Waals surface area contributed by atoms with Crippen molar-refractivity contribution in [3.05, 3.63) is 35.9 Å². The molecule has 0 bridgehead atoms. The van der Waals surface area contributed by atoms with Crippen LogP contribution in [0.2, 0.25) is 0 Å². The predicted octanol–water partition coefficient (Wildman–Crippen LogP) is 1.99. The lowest BCUT2D eigenvalue weighted by Gasteiger charge is -2.36. The summed E-state index contributed by atoms with van der Waals surface area (Å²) in [4.78, 5) is 15.5. The number of nitrogens with zero attached hydrogens (tertiary/aromatic N) is 2. The molecule has 3 fully saturated rings. The van der Waals surface area contributed by atoms with E-state index in [1.165, 1.54) is 23.4 Å². The molecule has 0 aromatic heterocycles. The van der Waals surface area contributed by atoms with Crippen LogP contribution >= 0.6 is 0 Å². The van der Waals surface area contributed by atoms with Gasteiger partial charge in [-0.05, 0) is 30.2 Å². The first kappa shape index (κ1) is 17.0. The van der Waals surface area contributed by atoms with Crippen molar-refractivity contribution in [2.45, 2.75) is 37.5 Å². The second-order valence-corrected chi connectivity index (χ2v) is 9.87. The van der Waals surface area contributed by atoms with Crippen molar-refractivity contribution in [3.63, 3.8) is 0 Å². The van der Waals surface area contributed by atoms with Gasteiger partial charge in [-0.3, -0.25) is 4.79 Å². The van der Waals surface area contributed by atoms with E-state index in [4.69, 9.17) is 0 Å². The molecule has 5 nitrogen and oxygen atoms in total. The van der Waals surface area contributed by atoms with Gasteiger partial charge >= 0.3 is 0 Å². The highest BCUT2D eigenvalue weighted by molar-refractivity contribution is 7.88. The maximum Gasteiger partial charge on any atom is 0.233 e. The van der Waals surface area contributed by atoms with E-state index in [9.17, 15) is 13.2 Å². The van der Waals surface area contributed by atoms with Crippen LogP contribution in [0.25, 0.3) is 0 Å². The lowest BCUT2D eigenvalue weighted by atomic mass is 9.83. The molecule has 2 aliphatic carbocycles. The van der Waals surface area contributed by atoms with Crippen LogP contribution in [0.15, 0.2) is 30.3 Å². The minimum atomic E-state index is -3.17. The van der Waals surface area contributed by atoms with E-state index in [0.717, 1.165) is 24.8 Å². The van der Waals surface area contributed by atoms with Crippen LogP contribution < -0.4 is 0 Å². The third-order valence-electron chi connectivity index (χ3n) is 6.57. The number of carbonyl (C=O) groups is 1. The van der Waals surface area contributed by atoms with Gasteiger partial charge in [-0.1, -0.05) is 43.2 Å². The van der Waals surface area contributed by atoms with Crippen molar-refractivity contribution in [2.24, 2.45) is 5.41 Å². The standard InChI is InChI=1S/C19H26N2O3S/c1-25(23,24)21-13-11-20(12-14-21)17(22)19(16-7-3-2-4-8-16)15-18(19)9-5-6-10-18/h2-4,7-8H,5-6,9-15H2,1H3/t19-/m0/s1. The van der Waals surface area contributed by atoms with Crippen LogP contribution in [-0.2, 0) is 20.2 Å². The molecule has 2 saturated carbocycles. The van der Waals surface area contributed by atoms with Crippen molar-refractivity contribution in [1.82, 2.24) is 9.21 Å². The first-order valence-corrected chi connectivity index (χ1v) is 11.0. The van der Waals surface area contributed by atoms with Crippen molar-refractivity contribution in [3.8, 4) is 0 Å². The fourth-order valence-corrected chi connectivity index (χ4v) is 5.99. The molecule has 3 aliphatic rings. The molecule has 1 heterocycles. The Balaban J connectivity index is 1.59. The highest BCUT2D eigenvalue weighted by atomic mass is 32.2. The Morgan fingerprint density at radius 2 is 1.60 bits per heavy atom. The number of hydrogen-bond donors (Lipinski definition) is 0. The Morgan fingerprint density at radius 1 is 1.00 bits per heavy atom. The van der Waals surface area contributed by atoms with Crippen LogP contribution in [0, 0.1) is 5.41 Å². The second kappa shape index (κ2) is 5.81. The lowest BCUT2D eigenvalue weighted by molar-refractivity contribution is -0.136. The average molecular weight is 362 g/mol. The Kier molecular flexibility index (Phi) is 3.96. The number of sulfonamides is 1. The summed E-state index contributed by atoms with van der Waals surface area (Å²) in [5, 5.41) is 0. The van der Waals surface area contributed by atoms with Gasteiger partial charge in [-0.25, -0.2) is 8.42 Å². The van der Waals surface area contributed by atoms with Crippen LogP contribution in [-0.4, -0.2) is 56.0 Å². The summed E-state index contributed by atoms with van der Waals surface area (Å²) in [6.07, 6.45) is 6.89. The number of amides is 1. The summed E-state index contributed by atoms with van der Waals surface area (Å²) in [6, 6.07) is 10.2. The highest BCUT2D eigenvalue weighted by Gasteiger charge is 2.73. The van der Waals surface area contributed by atoms with Crippen molar-refractivity contribution < 1.29 is 13.2 Å². The smallest absolute Gasteiger partial charge is 0.233 e. The van der Waals surface area contributed by atoms with E-state index in [1.807, 2.05) is 23.1 Å². The molecule has 0 radical (unpaired) electrons. The molecule has 0 N–H and O–H groups in total. The Labute approximate surface area is 150 Å². The Morgan fingerprint density at radius 3 is 2.16 bits per heavy atom. The fraction of sp³-hybridized carbons (Fsp3) is 0.632. The molecule has 136 valence electrons. The molecule has 1 aromatic carbocycles. The van der Waals surface area contributed by atoms with Crippen LogP contribution in [0.4, 0.5) is 0 Å². The molecule has 4 rings (SSSR count). The molecule has 1 aliphatic heterocycles. The predicted molar refractivity (Wildman–Crippen MR) is 96.6 cm³/mol. The number of rotatable bonds is 3. The number of carbonyl (C=O) groups excluding carboxylic acids is 1. The van der Waals surface area contributed by atoms with E-state index in [0.29, 0.717) is 26.2 Å². The van der Waals surface area contributed by atoms with E-state index < -0.39 is 10.0 Å². The van der Waals surface area contributed by atoms with Gasteiger partial charge in [0.15, 0.2) is 0 Å². The van der Waals surface area contributed by atoms with Crippen LogP contribution in [0.1, 0.15) is 37.7 Å². The summed E-state index contributed by atoms with van der Waals surface area (Å²) in [5.41, 5.74) is 0.907. The first-order valence-electron chi connectivity index (χ1n) is 9.19. The Hall–Kier alpha value is -1.40. The van der Waals surface area contributed by atoms with Crippen LogP contribution in [0.5, 0.6) is 0 Å². The molecular weight excluding hydrogens is 336 g/mol. The largest absolute Gasteiger partial charge is 0.339 e. The van der Waals surface area contributed by atoms with Gasteiger partial charge in [-0.2, -0.15) is 4.31 Å². The van der Waals surface area contributed by atoms with Crippen LogP contribution in [0.3, 0.4) is 0 Å². The zero-order valence-electron chi connectivity index (χ0n) is 14.8. The SMILES string of the molecule is CS(=O)(=O)N1CCN(C(=O)[C@@]2(c3ccccc3)CC23CCCC3)CC1. The van der Waals surface area contributed by atoms with E-state index in [2.05, 4.69) is 12.1 Å². The lowest BCUT2D eigenvalue weighted by Crippen LogP contribution is -2.53. The van der Waals surface area contributed by atoms with Gasteiger partial charge < -0.3 is 4.90 Å². The van der Waals surface area contributed by atoms with Gasteiger partial charge in [0, 0.05) is 26.2 Å². The van der Waals surface area contributed by atoms with Gasteiger partial charge in [0.05, 0.1) is 11.7 Å². The topological polar surface area (TPSA) is 57.7 Å². The minimum Gasteiger partial charge on any atom is -0.339 e. The molecule has 25 heavy (non-hydrogen) atoms. The molecule has 1 amide bonds. The zero-order valence-corrected chi connectivity index (χ0v) is 15.6. The first-order chi connectivity index (χ1) is 11.9. The summed E-state index contributed by atoms with van der Waals surface area (Å²) in [5.74, 6) is 0.216. The summed E-state index contributed by atoms with van der Waals surface area (Å²) in [6.45, 7) is 1.80. The molecule has 6 heteroatoms. The quantitative estimate of drug-likeness (QED) is 0.826. The molecule has 1 spiro atoms. The van der Waals surface area contributed by atoms with Gasteiger partial charge in [-0.15, -0.1) is 0 Å². The second-order valence-electron chi connectivity index (χ2n) is 7.89. The van der Waals surface area contributed by atoms with E-state index >= 15 is 0 Å². The molecule has 0 unspecified atom stereocenters. The third-order valence-corrected chi connectivity index (χ3v) is 7.87. The van der Waals surface area contributed by atoms with Gasteiger partial charge in [0.1, 0.15) is 0 Å².